The van der Waals surface area contributed by atoms with Crippen molar-refractivity contribution < 1.29 is 19.1 Å². The van der Waals surface area contributed by atoms with E-state index < -0.39 is 0 Å². The molecule has 9 heteroatoms. The van der Waals surface area contributed by atoms with E-state index in [-0.39, 0.29) is 35.2 Å². The Morgan fingerprint density at radius 3 is 2.81 bits per heavy atom. The van der Waals surface area contributed by atoms with Crippen molar-refractivity contribution in [3.63, 3.8) is 0 Å². The molecule has 0 bridgehead atoms. The van der Waals surface area contributed by atoms with Gasteiger partial charge in [0.1, 0.15) is 11.4 Å². The van der Waals surface area contributed by atoms with Crippen LogP contribution >= 0.6 is 0 Å². The van der Waals surface area contributed by atoms with E-state index in [1.165, 1.54) is 0 Å². The van der Waals surface area contributed by atoms with E-state index in [2.05, 4.69) is 29.6 Å². The highest BCUT2D eigenvalue weighted by Gasteiger charge is 2.38. The predicted octanol–water partition coefficient (Wildman–Crippen LogP) is 2.75. The van der Waals surface area contributed by atoms with E-state index in [1.54, 1.807) is 10.7 Å². The molecule has 1 saturated carbocycles. The highest BCUT2D eigenvalue weighted by molar-refractivity contribution is 5.98. The third-order valence-corrected chi connectivity index (χ3v) is 8.60. The number of aromatic nitrogens is 2. The maximum absolute atomic E-state index is 13.4. The van der Waals surface area contributed by atoms with Crippen molar-refractivity contribution in [1.82, 2.24) is 25.3 Å². The molecule has 4 unspecified atom stereocenters. The SMILES string of the molecule is CC1Cn2nc(C(=O)NC3CCC4CN(C(=O)c5ccc6c(c5)C(C)(C)CO6)CCC4C3)cc2C(=O)N1. The maximum atomic E-state index is 13.4. The van der Waals surface area contributed by atoms with Gasteiger partial charge in [-0.05, 0) is 62.6 Å². The van der Waals surface area contributed by atoms with Gasteiger partial charge in [0, 0.05) is 47.8 Å². The Balaban J connectivity index is 1.06. The quantitative estimate of drug-likeness (QED) is 0.667. The normalized spacial score (nSPS) is 27.9. The summed E-state index contributed by atoms with van der Waals surface area (Å²) in [5.74, 6) is 1.50. The minimum atomic E-state index is -0.220. The number of hydrogen-bond acceptors (Lipinski definition) is 5. The number of nitrogens with zero attached hydrogens (tertiary/aromatic N) is 3. The summed E-state index contributed by atoms with van der Waals surface area (Å²) < 4.78 is 7.40. The Kier molecular flexibility index (Phi) is 5.76. The lowest BCUT2D eigenvalue weighted by Gasteiger charge is -2.43. The van der Waals surface area contributed by atoms with Crippen molar-refractivity contribution in [2.24, 2.45) is 11.8 Å². The summed E-state index contributed by atoms with van der Waals surface area (Å²) in [6.45, 7) is 8.92. The zero-order chi connectivity index (χ0) is 25.9. The number of benzene rings is 1. The van der Waals surface area contributed by atoms with Gasteiger partial charge in [-0.25, -0.2) is 0 Å². The van der Waals surface area contributed by atoms with Crippen molar-refractivity contribution >= 4 is 17.7 Å². The highest BCUT2D eigenvalue weighted by Crippen LogP contribution is 2.40. The van der Waals surface area contributed by atoms with Crippen molar-refractivity contribution in [3.05, 3.63) is 46.8 Å². The van der Waals surface area contributed by atoms with Crippen LogP contribution in [0.15, 0.2) is 24.3 Å². The van der Waals surface area contributed by atoms with Crippen molar-refractivity contribution in [2.75, 3.05) is 19.7 Å². The molecular formula is C28H35N5O4. The molecule has 1 saturated heterocycles. The zero-order valence-corrected chi connectivity index (χ0v) is 21.8. The first-order valence-corrected chi connectivity index (χ1v) is 13.4. The van der Waals surface area contributed by atoms with Gasteiger partial charge in [0.05, 0.1) is 13.2 Å². The van der Waals surface area contributed by atoms with Gasteiger partial charge in [-0.3, -0.25) is 19.1 Å². The van der Waals surface area contributed by atoms with Crippen LogP contribution in [0.1, 0.15) is 83.4 Å². The zero-order valence-electron chi connectivity index (χ0n) is 21.8. The van der Waals surface area contributed by atoms with Gasteiger partial charge in [-0.15, -0.1) is 0 Å². The summed E-state index contributed by atoms with van der Waals surface area (Å²) in [6, 6.07) is 7.49. The molecule has 0 spiro atoms. The number of carbonyl (C=O) groups excluding carboxylic acids is 3. The van der Waals surface area contributed by atoms with E-state index in [0.717, 1.165) is 55.6 Å². The van der Waals surface area contributed by atoms with Gasteiger partial charge >= 0.3 is 0 Å². The van der Waals surface area contributed by atoms with Crippen LogP contribution in [0.5, 0.6) is 5.75 Å². The summed E-state index contributed by atoms with van der Waals surface area (Å²) in [6.07, 6.45) is 3.71. The van der Waals surface area contributed by atoms with Crippen LogP contribution in [-0.4, -0.2) is 64.2 Å². The molecule has 3 amide bonds. The molecule has 0 radical (unpaired) electrons. The molecule has 9 nitrogen and oxygen atoms in total. The van der Waals surface area contributed by atoms with E-state index >= 15 is 0 Å². The Morgan fingerprint density at radius 1 is 1.14 bits per heavy atom. The number of fused-ring (bicyclic) bond motifs is 3. The lowest BCUT2D eigenvalue weighted by atomic mass is 9.73. The number of hydrogen-bond donors (Lipinski definition) is 2. The van der Waals surface area contributed by atoms with Crippen LogP contribution in [0.4, 0.5) is 0 Å². The van der Waals surface area contributed by atoms with Gasteiger partial charge in [-0.2, -0.15) is 5.10 Å². The number of likely N-dealkylation sites (tertiary alicyclic amines) is 1. The van der Waals surface area contributed by atoms with Gasteiger partial charge in [0.15, 0.2) is 5.69 Å². The van der Waals surface area contributed by atoms with Gasteiger partial charge < -0.3 is 20.3 Å². The number of carbonyl (C=O) groups is 3. The Morgan fingerprint density at radius 2 is 1.97 bits per heavy atom. The summed E-state index contributed by atoms with van der Waals surface area (Å²) >= 11 is 0. The maximum Gasteiger partial charge on any atom is 0.272 e. The minimum Gasteiger partial charge on any atom is -0.492 e. The summed E-state index contributed by atoms with van der Waals surface area (Å²) in [7, 11) is 0. The predicted molar refractivity (Wildman–Crippen MR) is 137 cm³/mol. The second kappa shape index (κ2) is 8.89. The molecule has 6 rings (SSSR count). The van der Waals surface area contributed by atoms with Gasteiger partial charge in [0.2, 0.25) is 0 Å². The largest absolute Gasteiger partial charge is 0.492 e. The standard InChI is InChI=1S/C28H35N5O4/c1-16-13-33-23(26(35)29-16)12-22(31-33)25(34)30-20-6-4-19-14-32(9-8-17(19)10-20)27(36)18-5-7-24-21(11-18)28(2,3)15-37-24/h5,7,11-12,16-17,19-20H,4,6,8-10,13-15H2,1-3H3,(H,29,35)(H,30,34). The van der Waals surface area contributed by atoms with E-state index in [9.17, 15) is 14.4 Å². The molecule has 3 aliphatic heterocycles. The molecule has 4 heterocycles. The Bertz CT molecular complexity index is 1270. The molecule has 2 aromatic rings. The number of piperidine rings is 1. The molecule has 4 aliphatic rings. The lowest BCUT2D eigenvalue weighted by molar-refractivity contribution is 0.0477. The first-order chi connectivity index (χ1) is 17.7. The smallest absolute Gasteiger partial charge is 0.272 e. The van der Waals surface area contributed by atoms with E-state index in [1.807, 2.05) is 30.0 Å². The summed E-state index contributed by atoms with van der Waals surface area (Å²) in [4.78, 5) is 40.5. The Hall–Kier alpha value is -3.36. The van der Waals surface area contributed by atoms with E-state index in [4.69, 9.17) is 4.74 Å². The third-order valence-electron chi connectivity index (χ3n) is 8.60. The number of nitrogens with one attached hydrogen (secondary N) is 2. The Labute approximate surface area is 216 Å². The first kappa shape index (κ1) is 24.0. The lowest BCUT2D eigenvalue weighted by Crippen LogP contribution is -2.49. The third kappa shape index (κ3) is 4.38. The first-order valence-electron chi connectivity index (χ1n) is 13.4. The molecule has 2 fully saturated rings. The van der Waals surface area contributed by atoms with Crippen molar-refractivity contribution in [2.45, 2.75) is 70.5 Å². The average Bonchev–Trinajstić information content (AvgIpc) is 3.44. The van der Waals surface area contributed by atoms with E-state index in [0.29, 0.717) is 36.4 Å². The van der Waals surface area contributed by atoms with Crippen LogP contribution in [0.25, 0.3) is 0 Å². The van der Waals surface area contributed by atoms with Crippen LogP contribution in [0.2, 0.25) is 0 Å². The molecule has 1 aliphatic carbocycles. The second-order valence-corrected chi connectivity index (χ2v) is 11.9. The average molecular weight is 506 g/mol. The summed E-state index contributed by atoms with van der Waals surface area (Å²) in [5.41, 5.74) is 2.50. The van der Waals surface area contributed by atoms with Crippen molar-refractivity contribution in [3.8, 4) is 5.75 Å². The van der Waals surface area contributed by atoms with Crippen LogP contribution in [-0.2, 0) is 12.0 Å². The topological polar surface area (TPSA) is 106 Å². The molecule has 4 atom stereocenters. The fourth-order valence-corrected chi connectivity index (χ4v) is 6.48. The highest BCUT2D eigenvalue weighted by atomic mass is 16.5. The van der Waals surface area contributed by atoms with Gasteiger partial charge in [-0.1, -0.05) is 13.8 Å². The van der Waals surface area contributed by atoms with Crippen molar-refractivity contribution in [1.29, 1.82) is 0 Å². The van der Waals surface area contributed by atoms with Crippen LogP contribution in [0.3, 0.4) is 0 Å². The molecule has 2 N–H and O–H groups in total. The monoisotopic (exact) mass is 505 g/mol. The summed E-state index contributed by atoms with van der Waals surface area (Å²) in [5, 5.41) is 10.4. The molecule has 196 valence electrons. The van der Waals surface area contributed by atoms with Crippen LogP contribution in [0, 0.1) is 11.8 Å². The second-order valence-electron chi connectivity index (χ2n) is 11.9. The number of rotatable bonds is 3. The van der Waals surface area contributed by atoms with Crippen LogP contribution < -0.4 is 15.4 Å². The molecule has 1 aromatic heterocycles. The number of amides is 3. The van der Waals surface area contributed by atoms with Gasteiger partial charge in [0.25, 0.3) is 17.7 Å². The molecular weight excluding hydrogens is 470 g/mol. The fourth-order valence-electron chi connectivity index (χ4n) is 6.48. The minimum absolute atomic E-state index is 0.00704. The molecule has 1 aromatic carbocycles. The number of ether oxygens (including phenoxy) is 1. The fraction of sp³-hybridized carbons (Fsp3) is 0.571. The molecule has 37 heavy (non-hydrogen) atoms.